The Kier molecular flexibility index (Phi) is 5.74. The van der Waals surface area contributed by atoms with Crippen LogP contribution in [0, 0.1) is 11.6 Å². The average Bonchev–Trinajstić information content (AvgIpc) is 3.31. The molecule has 0 spiro atoms. The molecule has 1 aliphatic rings. The number of anilines is 1. The summed E-state index contributed by atoms with van der Waals surface area (Å²) in [4.78, 5) is 19.0. The van der Waals surface area contributed by atoms with Crippen molar-refractivity contribution in [3.05, 3.63) is 60.6 Å². The van der Waals surface area contributed by atoms with E-state index >= 15 is 0 Å². The van der Waals surface area contributed by atoms with Crippen molar-refractivity contribution < 1.29 is 8.78 Å². The molecule has 0 amide bonds. The number of aromatic nitrogens is 4. The third-order valence-corrected chi connectivity index (χ3v) is 5.59. The largest absolute Gasteiger partial charge is 0.382 e. The summed E-state index contributed by atoms with van der Waals surface area (Å²) in [6, 6.07) is 9.44. The number of piperazine rings is 1. The van der Waals surface area contributed by atoms with Gasteiger partial charge in [0.2, 0.25) is 0 Å². The molecule has 3 aromatic heterocycles. The zero-order valence-electron chi connectivity index (χ0n) is 17.4. The quantitative estimate of drug-likeness (QED) is 0.431. The van der Waals surface area contributed by atoms with Gasteiger partial charge in [-0.25, -0.2) is 18.7 Å². The molecule has 3 N–H and O–H groups in total. The number of hydrogen-bond acceptors (Lipinski definition) is 6. The minimum atomic E-state index is -0.907. The SMILES string of the molecule is Fc1ccc(-c2[nH]cnc2-c2ccc3ncc(NCCN4CCNCC4)cc3n2)cc1F. The molecule has 1 saturated heterocycles. The molecule has 1 aromatic carbocycles. The Morgan fingerprint density at radius 1 is 0.969 bits per heavy atom. The van der Waals surface area contributed by atoms with Gasteiger partial charge in [-0.1, -0.05) is 0 Å². The number of fused-ring (bicyclic) bond motifs is 1. The maximum atomic E-state index is 13.7. The molecule has 0 radical (unpaired) electrons. The van der Waals surface area contributed by atoms with Gasteiger partial charge in [0.1, 0.15) is 5.69 Å². The highest BCUT2D eigenvalue weighted by molar-refractivity contribution is 5.83. The number of H-pyrrole nitrogens is 1. The number of rotatable bonds is 6. The molecule has 1 fully saturated rings. The second-order valence-corrected chi connectivity index (χ2v) is 7.73. The number of benzene rings is 1. The highest BCUT2D eigenvalue weighted by atomic mass is 19.2. The van der Waals surface area contributed by atoms with Crippen LogP contribution in [0.4, 0.5) is 14.5 Å². The molecule has 32 heavy (non-hydrogen) atoms. The molecule has 0 bridgehead atoms. The summed E-state index contributed by atoms with van der Waals surface area (Å²) >= 11 is 0. The lowest BCUT2D eigenvalue weighted by molar-refractivity contribution is 0.249. The van der Waals surface area contributed by atoms with E-state index in [0.717, 1.165) is 68.1 Å². The van der Waals surface area contributed by atoms with E-state index in [4.69, 9.17) is 4.98 Å². The van der Waals surface area contributed by atoms with E-state index < -0.39 is 11.6 Å². The molecule has 0 saturated carbocycles. The number of aromatic amines is 1. The maximum Gasteiger partial charge on any atom is 0.159 e. The molecule has 0 aliphatic carbocycles. The number of halogens is 2. The van der Waals surface area contributed by atoms with E-state index in [1.54, 1.807) is 0 Å². The summed E-state index contributed by atoms with van der Waals surface area (Å²) in [7, 11) is 0. The van der Waals surface area contributed by atoms with Crippen LogP contribution < -0.4 is 10.6 Å². The van der Waals surface area contributed by atoms with Gasteiger partial charge in [-0.2, -0.15) is 0 Å². The van der Waals surface area contributed by atoms with Crippen molar-refractivity contribution in [2.45, 2.75) is 0 Å². The average molecular weight is 435 g/mol. The van der Waals surface area contributed by atoms with Crippen molar-refractivity contribution in [2.24, 2.45) is 0 Å². The van der Waals surface area contributed by atoms with Gasteiger partial charge in [0.05, 0.1) is 40.6 Å². The Morgan fingerprint density at radius 3 is 2.69 bits per heavy atom. The molecule has 164 valence electrons. The van der Waals surface area contributed by atoms with E-state index in [0.29, 0.717) is 22.6 Å². The molecule has 7 nitrogen and oxygen atoms in total. The van der Waals surface area contributed by atoms with Gasteiger partial charge in [-0.3, -0.25) is 9.88 Å². The third-order valence-electron chi connectivity index (χ3n) is 5.59. The fourth-order valence-electron chi connectivity index (χ4n) is 3.89. The summed E-state index contributed by atoms with van der Waals surface area (Å²) < 4.78 is 27.1. The van der Waals surface area contributed by atoms with Gasteiger partial charge in [-0.05, 0) is 36.4 Å². The molecular weight excluding hydrogens is 412 g/mol. The fraction of sp³-hybridized carbons (Fsp3) is 0.261. The summed E-state index contributed by atoms with van der Waals surface area (Å²) in [5.41, 5.74) is 4.67. The van der Waals surface area contributed by atoms with Gasteiger partial charge in [-0.15, -0.1) is 0 Å². The lowest BCUT2D eigenvalue weighted by atomic mass is 10.1. The van der Waals surface area contributed by atoms with Gasteiger partial charge in [0, 0.05) is 44.8 Å². The standard InChI is InChI=1S/C23H23F2N7/c24-17-2-1-15(11-18(17)25)22-23(30-14-29-22)20-4-3-19-21(31-20)12-16(13-28-19)27-7-10-32-8-5-26-6-9-32/h1-4,11-14,26-27H,5-10H2,(H,29,30). The summed E-state index contributed by atoms with van der Waals surface area (Å²) in [6.45, 7) is 5.98. The van der Waals surface area contributed by atoms with Crippen LogP contribution >= 0.6 is 0 Å². The van der Waals surface area contributed by atoms with Crippen LogP contribution in [-0.4, -0.2) is 64.1 Å². The van der Waals surface area contributed by atoms with E-state index in [1.165, 1.54) is 12.4 Å². The Hall–Kier alpha value is -3.43. The predicted octanol–water partition coefficient (Wildman–Crippen LogP) is 3.28. The number of hydrogen-bond donors (Lipinski definition) is 3. The van der Waals surface area contributed by atoms with Crippen molar-refractivity contribution in [2.75, 3.05) is 44.6 Å². The van der Waals surface area contributed by atoms with Gasteiger partial charge in [0.15, 0.2) is 11.6 Å². The van der Waals surface area contributed by atoms with Crippen LogP contribution in [0.2, 0.25) is 0 Å². The van der Waals surface area contributed by atoms with Crippen LogP contribution in [0.25, 0.3) is 33.7 Å². The third kappa shape index (κ3) is 4.30. The minimum absolute atomic E-state index is 0.500. The van der Waals surface area contributed by atoms with Crippen LogP contribution in [0.15, 0.2) is 48.9 Å². The molecular formula is C23H23F2N7. The van der Waals surface area contributed by atoms with Gasteiger partial charge in [0.25, 0.3) is 0 Å². The van der Waals surface area contributed by atoms with E-state index in [9.17, 15) is 8.78 Å². The monoisotopic (exact) mass is 435 g/mol. The maximum absolute atomic E-state index is 13.7. The second-order valence-electron chi connectivity index (χ2n) is 7.73. The van der Waals surface area contributed by atoms with E-state index in [2.05, 4.69) is 30.5 Å². The van der Waals surface area contributed by atoms with Gasteiger partial charge >= 0.3 is 0 Å². The summed E-state index contributed by atoms with van der Waals surface area (Å²) in [6.07, 6.45) is 3.33. The molecule has 0 atom stereocenters. The number of nitrogens with zero attached hydrogens (tertiary/aromatic N) is 4. The second kappa shape index (κ2) is 8.97. The predicted molar refractivity (Wildman–Crippen MR) is 120 cm³/mol. The minimum Gasteiger partial charge on any atom is -0.382 e. The van der Waals surface area contributed by atoms with Gasteiger partial charge < -0.3 is 15.6 Å². The fourth-order valence-corrected chi connectivity index (χ4v) is 3.89. The first-order valence-corrected chi connectivity index (χ1v) is 10.6. The first kappa shape index (κ1) is 20.5. The first-order chi connectivity index (χ1) is 15.7. The Bertz CT molecular complexity index is 1230. The summed E-state index contributed by atoms with van der Waals surface area (Å²) in [5, 5.41) is 6.78. The van der Waals surface area contributed by atoms with Crippen molar-refractivity contribution in [3.63, 3.8) is 0 Å². The first-order valence-electron chi connectivity index (χ1n) is 10.6. The van der Waals surface area contributed by atoms with Crippen molar-refractivity contribution in [1.29, 1.82) is 0 Å². The number of imidazole rings is 1. The molecule has 4 aromatic rings. The van der Waals surface area contributed by atoms with Crippen molar-refractivity contribution in [3.8, 4) is 22.6 Å². The summed E-state index contributed by atoms with van der Waals surface area (Å²) in [5.74, 6) is -1.79. The molecule has 1 aliphatic heterocycles. The Balaban J connectivity index is 1.37. The molecule has 9 heteroatoms. The number of pyridine rings is 2. The van der Waals surface area contributed by atoms with Crippen molar-refractivity contribution in [1.82, 2.24) is 30.2 Å². The zero-order valence-corrected chi connectivity index (χ0v) is 17.4. The van der Waals surface area contributed by atoms with Crippen molar-refractivity contribution >= 4 is 16.7 Å². The Morgan fingerprint density at radius 2 is 1.84 bits per heavy atom. The van der Waals surface area contributed by atoms with Crippen LogP contribution in [-0.2, 0) is 0 Å². The normalized spacial score (nSPS) is 14.7. The molecule has 4 heterocycles. The van der Waals surface area contributed by atoms with E-state index in [-0.39, 0.29) is 0 Å². The smallest absolute Gasteiger partial charge is 0.159 e. The molecule has 5 rings (SSSR count). The van der Waals surface area contributed by atoms with Crippen LogP contribution in [0.1, 0.15) is 0 Å². The number of nitrogens with one attached hydrogen (secondary N) is 3. The van der Waals surface area contributed by atoms with E-state index in [1.807, 2.05) is 24.4 Å². The highest BCUT2D eigenvalue weighted by Crippen LogP contribution is 2.30. The Labute approximate surface area is 183 Å². The topological polar surface area (TPSA) is 81.8 Å². The molecule has 0 unspecified atom stereocenters. The highest BCUT2D eigenvalue weighted by Gasteiger charge is 2.15. The van der Waals surface area contributed by atoms with Crippen LogP contribution in [0.5, 0.6) is 0 Å². The van der Waals surface area contributed by atoms with Crippen LogP contribution in [0.3, 0.4) is 0 Å². The zero-order chi connectivity index (χ0) is 21.9. The lowest BCUT2D eigenvalue weighted by Crippen LogP contribution is -2.45. The lowest BCUT2D eigenvalue weighted by Gasteiger charge is -2.27.